The molecular weight excluding hydrogens is 330 g/mol. The third-order valence-corrected chi connectivity index (χ3v) is 5.64. The van der Waals surface area contributed by atoms with Crippen LogP contribution in [0.25, 0.3) is 11.0 Å². The average Bonchev–Trinajstić information content (AvgIpc) is 3.12. The number of imidazole rings is 1. The third-order valence-electron chi connectivity index (χ3n) is 2.84. The van der Waals surface area contributed by atoms with Gasteiger partial charge in [0.15, 0.2) is 0 Å². The number of amides is 1. The zero-order valence-corrected chi connectivity index (χ0v) is 12.4. The number of rotatable bonds is 3. The number of carbonyl (C=O) groups excluding carboxylic acids is 1. The molecule has 5 N–H and O–H groups in total. The highest BCUT2D eigenvalue weighted by atomic mass is 32.2. The summed E-state index contributed by atoms with van der Waals surface area (Å²) in [6.45, 7) is 0. The third kappa shape index (κ3) is 2.01. The number of hydrazine groups is 1. The van der Waals surface area contributed by atoms with Crippen molar-refractivity contribution in [2.45, 2.75) is 4.34 Å². The van der Waals surface area contributed by atoms with Crippen LogP contribution in [0.1, 0.15) is 10.4 Å². The normalized spacial score (nSPS) is 11.7. The maximum absolute atomic E-state index is 12.6. The van der Waals surface area contributed by atoms with Gasteiger partial charge >= 0.3 is 0 Å². The number of nitrogens with zero attached hydrogens (tertiary/aromatic N) is 4. The second kappa shape index (κ2) is 5.01. The Balaban J connectivity index is 2.33. The number of hydrogen-bond donors (Lipinski definition) is 3. The minimum atomic E-state index is -4.05. The van der Waals surface area contributed by atoms with Gasteiger partial charge in [0.25, 0.3) is 20.3 Å². The van der Waals surface area contributed by atoms with Crippen LogP contribution in [0.2, 0.25) is 0 Å². The number of nitrogens with two attached hydrogens (primary N) is 2. The summed E-state index contributed by atoms with van der Waals surface area (Å²) in [6.07, 6.45) is 0. The van der Waals surface area contributed by atoms with Crippen molar-refractivity contribution in [2.24, 2.45) is 5.84 Å². The van der Waals surface area contributed by atoms with E-state index < -0.39 is 15.9 Å². The molecule has 22 heavy (non-hydrogen) atoms. The van der Waals surface area contributed by atoms with Gasteiger partial charge in [0, 0.05) is 0 Å². The van der Waals surface area contributed by atoms with Gasteiger partial charge in [0.1, 0.15) is 11.0 Å². The number of hydrogen-bond acceptors (Lipinski definition) is 9. The highest BCUT2D eigenvalue weighted by molar-refractivity contribution is 7.92. The maximum Gasteiger partial charge on any atom is 0.300 e. The van der Waals surface area contributed by atoms with Crippen LogP contribution < -0.4 is 17.0 Å². The molecule has 3 rings (SSSR count). The second-order valence-corrected chi connectivity index (χ2v) is 6.88. The number of nitrogen functional groups attached to an aromatic ring is 2. The number of anilines is 1. The fraction of sp³-hybridized carbons (Fsp3) is 0. The van der Waals surface area contributed by atoms with Crippen LogP contribution in [-0.4, -0.2) is 33.5 Å². The van der Waals surface area contributed by atoms with E-state index in [0.29, 0.717) is 0 Å². The summed E-state index contributed by atoms with van der Waals surface area (Å²) >= 11 is 0.847. The lowest BCUT2D eigenvalue weighted by molar-refractivity contribution is 0.0955. The van der Waals surface area contributed by atoms with Crippen molar-refractivity contribution < 1.29 is 13.2 Å². The molecule has 1 aromatic carbocycles. The van der Waals surface area contributed by atoms with E-state index in [1.807, 2.05) is 5.43 Å². The van der Waals surface area contributed by atoms with Gasteiger partial charge in [0.05, 0.1) is 11.1 Å². The van der Waals surface area contributed by atoms with E-state index in [4.69, 9.17) is 11.6 Å². The summed E-state index contributed by atoms with van der Waals surface area (Å²) in [5.74, 6) is 4.21. The molecule has 0 aliphatic rings. The van der Waals surface area contributed by atoms with Gasteiger partial charge in [0.2, 0.25) is 5.95 Å². The van der Waals surface area contributed by atoms with Crippen LogP contribution in [-0.2, 0) is 10.0 Å². The second-order valence-electron chi connectivity index (χ2n) is 4.09. The standard InChI is InChI=1S/C10H9N7O3S2/c11-9-14-7-5(8(18)15-12)2-1-3-6(7)17(9)22(19,20)10-16-13-4-21-10/h1-4H,12H2,(H2,11,14)(H,15,18). The van der Waals surface area contributed by atoms with Crippen molar-refractivity contribution in [2.75, 3.05) is 5.73 Å². The average molecular weight is 339 g/mol. The molecule has 0 unspecified atom stereocenters. The van der Waals surface area contributed by atoms with E-state index >= 15 is 0 Å². The molecule has 2 aromatic heterocycles. The molecule has 12 heteroatoms. The van der Waals surface area contributed by atoms with Gasteiger partial charge in [-0.3, -0.25) is 10.2 Å². The summed E-state index contributed by atoms with van der Waals surface area (Å²) in [7, 11) is -4.05. The molecule has 0 radical (unpaired) electrons. The molecule has 0 bridgehead atoms. The Kier molecular flexibility index (Phi) is 3.27. The fourth-order valence-corrected chi connectivity index (χ4v) is 4.08. The van der Waals surface area contributed by atoms with Crippen molar-refractivity contribution in [1.29, 1.82) is 0 Å². The molecule has 2 heterocycles. The van der Waals surface area contributed by atoms with Gasteiger partial charge in [-0.1, -0.05) is 17.4 Å². The highest BCUT2D eigenvalue weighted by Gasteiger charge is 2.27. The van der Waals surface area contributed by atoms with E-state index in [0.717, 1.165) is 15.3 Å². The predicted molar refractivity (Wildman–Crippen MR) is 78.3 cm³/mol. The smallest absolute Gasteiger partial charge is 0.300 e. The topological polar surface area (TPSA) is 159 Å². The molecule has 0 spiro atoms. The molecule has 0 aliphatic carbocycles. The van der Waals surface area contributed by atoms with Crippen LogP contribution >= 0.6 is 11.3 Å². The monoisotopic (exact) mass is 339 g/mol. The largest absolute Gasteiger partial charge is 0.368 e. The molecule has 0 saturated carbocycles. The van der Waals surface area contributed by atoms with Crippen molar-refractivity contribution >= 4 is 44.2 Å². The predicted octanol–water partition coefficient (Wildman–Crippen LogP) is -0.690. The number of nitrogens with one attached hydrogen (secondary N) is 1. The fourth-order valence-electron chi connectivity index (χ4n) is 1.96. The van der Waals surface area contributed by atoms with E-state index in [1.54, 1.807) is 0 Å². The Bertz CT molecular complexity index is 962. The maximum atomic E-state index is 12.6. The molecule has 3 aromatic rings. The highest BCUT2D eigenvalue weighted by Crippen LogP contribution is 2.26. The van der Waals surface area contributed by atoms with Gasteiger partial charge < -0.3 is 5.73 Å². The number of carbonyl (C=O) groups is 1. The molecule has 1 amide bonds. The van der Waals surface area contributed by atoms with Crippen molar-refractivity contribution in [3.05, 3.63) is 29.3 Å². The quantitative estimate of drug-likeness (QED) is 0.321. The van der Waals surface area contributed by atoms with Crippen LogP contribution in [0, 0.1) is 0 Å². The lowest BCUT2D eigenvalue weighted by Gasteiger charge is -2.05. The van der Waals surface area contributed by atoms with Gasteiger partial charge in [-0.15, -0.1) is 10.2 Å². The summed E-state index contributed by atoms with van der Waals surface area (Å²) in [5, 5.41) is 7.04. The van der Waals surface area contributed by atoms with E-state index in [1.165, 1.54) is 23.7 Å². The lowest BCUT2D eigenvalue weighted by Crippen LogP contribution is -2.30. The molecule has 10 nitrogen and oxygen atoms in total. The van der Waals surface area contributed by atoms with Crippen LogP contribution in [0.4, 0.5) is 5.95 Å². The summed E-state index contributed by atoms with van der Waals surface area (Å²) in [6, 6.07) is 4.43. The SMILES string of the molecule is NNC(=O)c1cccc2c1nc(N)n2S(=O)(=O)c1nncs1. The first kappa shape index (κ1) is 14.4. The number of aromatic nitrogens is 4. The Morgan fingerprint density at radius 1 is 1.36 bits per heavy atom. The summed E-state index contributed by atoms with van der Waals surface area (Å²) < 4.78 is 25.7. The van der Waals surface area contributed by atoms with Gasteiger partial charge in [-0.05, 0) is 12.1 Å². The summed E-state index contributed by atoms with van der Waals surface area (Å²) in [4.78, 5) is 15.7. The number of fused-ring (bicyclic) bond motifs is 1. The molecule has 0 fully saturated rings. The zero-order chi connectivity index (χ0) is 15.9. The van der Waals surface area contributed by atoms with Crippen molar-refractivity contribution in [3.63, 3.8) is 0 Å². The lowest BCUT2D eigenvalue weighted by atomic mass is 10.2. The first-order chi connectivity index (χ1) is 10.5. The Hall–Kier alpha value is -2.57. The molecule has 114 valence electrons. The first-order valence-corrected chi connectivity index (χ1v) is 8.08. The van der Waals surface area contributed by atoms with E-state index in [9.17, 15) is 13.2 Å². The van der Waals surface area contributed by atoms with E-state index in [-0.39, 0.29) is 26.9 Å². The van der Waals surface area contributed by atoms with Crippen molar-refractivity contribution in [1.82, 2.24) is 24.6 Å². The minimum Gasteiger partial charge on any atom is -0.368 e. The van der Waals surface area contributed by atoms with E-state index in [2.05, 4.69) is 15.2 Å². The summed E-state index contributed by atoms with van der Waals surface area (Å²) in [5.41, 5.74) is 9.36. The number of benzene rings is 1. The Labute approximate surface area is 127 Å². The Morgan fingerprint density at radius 2 is 2.14 bits per heavy atom. The van der Waals surface area contributed by atoms with Crippen LogP contribution in [0.15, 0.2) is 28.0 Å². The zero-order valence-electron chi connectivity index (χ0n) is 10.8. The van der Waals surface area contributed by atoms with Crippen molar-refractivity contribution in [3.8, 4) is 0 Å². The van der Waals surface area contributed by atoms with Crippen LogP contribution in [0.5, 0.6) is 0 Å². The van der Waals surface area contributed by atoms with Gasteiger partial charge in [-0.25, -0.2) is 10.8 Å². The molecule has 0 atom stereocenters. The first-order valence-electron chi connectivity index (χ1n) is 5.76. The molecule has 0 saturated heterocycles. The number of para-hydroxylation sites is 1. The van der Waals surface area contributed by atoms with Gasteiger partial charge in [-0.2, -0.15) is 12.4 Å². The Morgan fingerprint density at radius 3 is 2.77 bits per heavy atom. The molecular formula is C10H9N7O3S2. The molecule has 0 aliphatic heterocycles. The minimum absolute atomic E-state index is 0.109. The van der Waals surface area contributed by atoms with Crippen LogP contribution in [0.3, 0.4) is 0 Å².